The van der Waals surface area contributed by atoms with Crippen molar-refractivity contribution in [3.05, 3.63) is 47.3 Å². The Hall–Kier alpha value is -2.77. The Labute approximate surface area is 199 Å². The van der Waals surface area contributed by atoms with E-state index in [1.807, 2.05) is 20.8 Å². The maximum atomic E-state index is 15.0. The van der Waals surface area contributed by atoms with E-state index in [2.05, 4.69) is 10.4 Å². The van der Waals surface area contributed by atoms with Crippen molar-refractivity contribution in [3.63, 3.8) is 0 Å². The summed E-state index contributed by atoms with van der Waals surface area (Å²) in [4.78, 5) is 28.7. The van der Waals surface area contributed by atoms with Gasteiger partial charge in [0.25, 0.3) is 5.91 Å². The molecule has 0 bridgehead atoms. The molecule has 8 heteroatoms. The van der Waals surface area contributed by atoms with Crippen LogP contribution in [0.4, 0.5) is 14.5 Å². The van der Waals surface area contributed by atoms with E-state index in [9.17, 15) is 18.4 Å². The fourth-order valence-corrected chi connectivity index (χ4v) is 4.93. The van der Waals surface area contributed by atoms with Crippen LogP contribution in [0.3, 0.4) is 0 Å². The molecule has 1 aromatic carbocycles. The van der Waals surface area contributed by atoms with Crippen molar-refractivity contribution in [2.75, 3.05) is 4.90 Å². The number of benzene rings is 1. The fraction of sp³-hybridized carbons (Fsp3) is 0.577. The minimum absolute atomic E-state index is 0.00352. The van der Waals surface area contributed by atoms with Crippen molar-refractivity contribution < 1.29 is 18.4 Å². The number of hydrogen-bond acceptors (Lipinski definition) is 3. The molecule has 1 atom stereocenters. The van der Waals surface area contributed by atoms with Crippen LogP contribution in [0.1, 0.15) is 88.8 Å². The van der Waals surface area contributed by atoms with E-state index in [1.165, 1.54) is 17.4 Å². The number of amides is 2. The molecule has 2 amide bonds. The standard InChI is InChI=1S/C26H34F2N4O2/c1-25(2,3)22-15-21-23(33)32(20-13-12-17(27)14-19(20)28)26(4,16-31(21)30-22)24(34)29-18-10-8-6-5-7-9-11-18/h12-15,18H,5-11,16H2,1-4H3,(H,29,34)/t26-/m0/s1. The Morgan fingerprint density at radius 1 is 1.09 bits per heavy atom. The van der Waals surface area contributed by atoms with Gasteiger partial charge in [-0.15, -0.1) is 0 Å². The van der Waals surface area contributed by atoms with Crippen molar-refractivity contribution in [1.29, 1.82) is 0 Å². The largest absolute Gasteiger partial charge is 0.351 e. The molecule has 1 aromatic heterocycles. The highest BCUT2D eigenvalue weighted by Gasteiger charge is 2.50. The van der Waals surface area contributed by atoms with Crippen molar-refractivity contribution in [2.24, 2.45) is 0 Å². The van der Waals surface area contributed by atoms with Crippen LogP contribution in [0, 0.1) is 11.6 Å². The highest BCUT2D eigenvalue weighted by atomic mass is 19.1. The van der Waals surface area contributed by atoms with E-state index in [0.29, 0.717) is 5.69 Å². The minimum atomic E-state index is -1.44. The van der Waals surface area contributed by atoms with Crippen LogP contribution in [-0.4, -0.2) is 33.2 Å². The molecule has 6 nitrogen and oxygen atoms in total. The molecular weight excluding hydrogens is 438 g/mol. The van der Waals surface area contributed by atoms with Gasteiger partial charge in [0.1, 0.15) is 22.9 Å². The summed E-state index contributed by atoms with van der Waals surface area (Å²) in [6, 6.07) is 4.76. The number of nitrogens with zero attached hydrogens (tertiary/aromatic N) is 3. The normalized spacial score (nSPS) is 22.2. The smallest absolute Gasteiger partial charge is 0.277 e. The van der Waals surface area contributed by atoms with Gasteiger partial charge in [-0.1, -0.05) is 52.9 Å². The molecule has 184 valence electrons. The summed E-state index contributed by atoms with van der Waals surface area (Å²) in [6.45, 7) is 7.67. The van der Waals surface area contributed by atoms with Gasteiger partial charge >= 0.3 is 0 Å². The SMILES string of the molecule is CC(C)(C)c1cc2n(n1)C[C@@](C)(C(=O)NC1CCCCCCC1)N(c1ccc(F)cc1F)C2=O. The van der Waals surface area contributed by atoms with Crippen LogP contribution >= 0.6 is 0 Å². The highest BCUT2D eigenvalue weighted by Crippen LogP contribution is 2.36. The quantitative estimate of drug-likeness (QED) is 0.675. The van der Waals surface area contributed by atoms with E-state index in [1.54, 1.807) is 17.7 Å². The molecular formula is C26H34F2N4O2. The third-order valence-corrected chi connectivity index (χ3v) is 7.00. The minimum Gasteiger partial charge on any atom is -0.351 e. The number of carbonyl (C=O) groups excluding carboxylic acids is 2. The van der Waals surface area contributed by atoms with E-state index in [-0.39, 0.29) is 35.3 Å². The number of anilines is 1. The second-order valence-electron chi connectivity index (χ2n) is 10.8. The van der Waals surface area contributed by atoms with E-state index >= 15 is 0 Å². The Morgan fingerprint density at radius 3 is 2.35 bits per heavy atom. The van der Waals surface area contributed by atoms with Crippen LogP contribution in [0.25, 0.3) is 0 Å². The Bertz CT molecular complexity index is 1080. The molecule has 2 heterocycles. The van der Waals surface area contributed by atoms with Crippen LogP contribution in [0.2, 0.25) is 0 Å². The Balaban J connectivity index is 1.76. The number of aromatic nitrogens is 2. The van der Waals surface area contributed by atoms with Gasteiger partial charge in [-0.2, -0.15) is 5.10 Å². The number of carbonyl (C=O) groups is 2. The van der Waals surface area contributed by atoms with Crippen molar-refractivity contribution in [2.45, 2.75) is 96.2 Å². The van der Waals surface area contributed by atoms with E-state index in [0.717, 1.165) is 50.7 Å². The molecule has 2 aromatic rings. The second-order valence-corrected chi connectivity index (χ2v) is 10.8. The molecule has 1 aliphatic carbocycles. The van der Waals surface area contributed by atoms with Gasteiger partial charge in [0.15, 0.2) is 0 Å². The van der Waals surface area contributed by atoms with E-state index < -0.39 is 23.1 Å². The lowest BCUT2D eigenvalue weighted by Gasteiger charge is -2.43. The van der Waals surface area contributed by atoms with Gasteiger partial charge in [-0.25, -0.2) is 8.78 Å². The van der Waals surface area contributed by atoms with Gasteiger partial charge < -0.3 is 5.32 Å². The topological polar surface area (TPSA) is 67.2 Å². The van der Waals surface area contributed by atoms with Gasteiger partial charge in [0.2, 0.25) is 5.91 Å². The Morgan fingerprint density at radius 2 is 1.74 bits per heavy atom. The van der Waals surface area contributed by atoms with Gasteiger partial charge in [0, 0.05) is 17.5 Å². The van der Waals surface area contributed by atoms with Crippen LogP contribution in [-0.2, 0) is 16.8 Å². The summed E-state index contributed by atoms with van der Waals surface area (Å²) in [7, 11) is 0. The lowest BCUT2D eigenvalue weighted by molar-refractivity contribution is -0.127. The van der Waals surface area contributed by atoms with Gasteiger partial charge in [-0.3, -0.25) is 19.2 Å². The zero-order valence-electron chi connectivity index (χ0n) is 20.5. The summed E-state index contributed by atoms with van der Waals surface area (Å²) < 4.78 is 30.2. The average molecular weight is 473 g/mol. The number of nitrogens with one attached hydrogen (secondary N) is 1. The zero-order chi connectivity index (χ0) is 24.7. The third kappa shape index (κ3) is 4.59. The maximum Gasteiger partial charge on any atom is 0.277 e. The van der Waals surface area contributed by atoms with Crippen LogP contribution in [0.15, 0.2) is 24.3 Å². The molecule has 0 unspecified atom stereocenters. The molecule has 4 rings (SSSR count). The lowest BCUT2D eigenvalue weighted by Crippen LogP contribution is -2.65. The fourth-order valence-electron chi connectivity index (χ4n) is 4.93. The zero-order valence-corrected chi connectivity index (χ0v) is 20.5. The van der Waals surface area contributed by atoms with Crippen molar-refractivity contribution in [3.8, 4) is 0 Å². The highest BCUT2D eigenvalue weighted by molar-refractivity contribution is 6.12. The van der Waals surface area contributed by atoms with Gasteiger partial charge in [-0.05, 0) is 38.0 Å². The van der Waals surface area contributed by atoms with Crippen molar-refractivity contribution >= 4 is 17.5 Å². The molecule has 0 saturated heterocycles. The molecule has 1 aliphatic heterocycles. The molecule has 34 heavy (non-hydrogen) atoms. The summed E-state index contributed by atoms with van der Waals surface area (Å²) in [5.41, 5.74) is -0.878. The number of fused-ring (bicyclic) bond motifs is 1. The first-order valence-corrected chi connectivity index (χ1v) is 12.2. The van der Waals surface area contributed by atoms with Crippen LogP contribution < -0.4 is 10.2 Å². The molecule has 1 fully saturated rings. The van der Waals surface area contributed by atoms with E-state index in [4.69, 9.17) is 0 Å². The number of hydrogen-bond donors (Lipinski definition) is 1. The Kier molecular flexibility index (Phi) is 6.53. The predicted molar refractivity (Wildman–Crippen MR) is 127 cm³/mol. The third-order valence-electron chi connectivity index (χ3n) is 7.00. The predicted octanol–water partition coefficient (Wildman–Crippen LogP) is 5.11. The first-order chi connectivity index (χ1) is 16.0. The average Bonchev–Trinajstić information content (AvgIpc) is 3.16. The second kappa shape index (κ2) is 9.12. The van der Waals surface area contributed by atoms with Crippen LogP contribution in [0.5, 0.6) is 0 Å². The summed E-state index contributed by atoms with van der Waals surface area (Å²) >= 11 is 0. The lowest BCUT2D eigenvalue weighted by atomic mass is 9.90. The maximum absolute atomic E-state index is 15.0. The summed E-state index contributed by atoms with van der Waals surface area (Å²) in [5, 5.41) is 7.77. The molecule has 1 saturated carbocycles. The number of halogens is 2. The first-order valence-electron chi connectivity index (χ1n) is 12.2. The molecule has 1 N–H and O–H groups in total. The summed E-state index contributed by atoms with van der Waals surface area (Å²) in [5.74, 6) is -2.52. The summed E-state index contributed by atoms with van der Waals surface area (Å²) in [6.07, 6.45) is 7.32. The first kappa shape index (κ1) is 24.4. The molecule has 0 spiro atoms. The van der Waals surface area contributed by atoms with Crippen molar-refractivity contribution in [1.82, 2.24) is 15.1 Å². The molecule has 2 aliphatic rings. The monoisotopic (exact) mass is 472 g/mol. The number of rotatable bonds is 3. The molecule has 0 radical (unpaired) electrons. The van der Waals surface area contributed by atoms with Gasteiger partial charge in [0.05, 0.1) is 17.9 Å².